The standard InChI is InChI=1S/C21H24N4O2S/c26-20(16-2-1-3-18-15(16)7-9-27-18)24-8-6-17-19(12-24)28-21(23-17)25-13-4-5-14(25)11-22-10-13/h1-3,13-14,22H,4-12H2. The van der Waals surface area contributed by atoms with E-state index in [0.29, 0.717) is 25.2 Å². The van der Waals surface area contributed by atoms with E-state index >= 15 is 0 Å². The van der Waals surface area contributed by atoms with Gasteiger partial charge in [0.25, 0.3) is 5.91 Å². The molecule has 1 amide bonds. The molecule has 1 aromatic heterocycles. The van der Waals surface area contributed by atoms with Crippen LogP contribution in [0.1, 0.15) is 39.3 Å². The second kappa shape index (κ2) is 6.46. The number of nitrogens with one attached hydrogen (secondary N) is 1. The van der Waals surface area contributed by atoms with Gasteiger partial charge in [0.15, 0.2) is 5.13 Å². The largest absolute Gasteiger partial charge is 0.493 e. The van der Waals surface area contributed by atoms with Crippen molar-refractivity contribution in [3.63, 3.8) is 0 Å². The van der Waals surface area contributed by atoms with Crippen molar-refractivity contribution in [2.24, 2.45) is 0 Å². The molecule has 5 heterocycles. The minimum atomic E-state index is 0.130. The van der Waals surface area contributed by atoms with Gasteiger partial charge in [-0.1, -0.05) is 17.4 Å². The molecule has 2 bridgehead atoms. The summed E-state index contributed by atoms with van der Waals surface area (Å²) in [4.78, 5) is 24.0. The molecule has 2 aromatic rings. The van der Waals surface area contributed by atoms with Crippen molar-refractivity contribution in [2.45, 2.75) is 44.3 Å². The van der Waals surface area contributed by atoms with Crippen LogP contribution < -0.4 is 15.0 Å². The number of carbonyl (C=O) groups excluding carboxylic acids is 1. The van der Waals surface area contributed by atoms with Gasteiger partial charge in [-0.3, -0.25) is 4.79 Å². The summed E-state index contributed by atoms with van der Waals surface area (Å²) >= 11 is 1.80. The number of rotatable bonds is 2. The molecule has 2 saturated heterocycles. The zero-order valence-electron chi connectivity index (χ0n) is 15.8. The molecule has 2 unspecified atom stereocenters. The summed E-state index contributed by atoms with van der Waals surface area (Å²) in [6.07, 6.45) is 4.19. The van der Waals surface area contributed by atoms with E-state index in [4.69, 9.17) is 9.72 Å². The van der Waals surface area contributed by atoms with Gasteiger partial charge in [-0.2, -0.15) is 0 Å². The number of carbonyl (C=O) groups is 1. The minimum Gasteiger partial charge on any atom is -0.493 e. The molecule has 146 valence electrons. The van der Waals surface area contributed by atoms with Gasteiger partial charge in [-0.15, -0.1) is 0 Å². The van der Waals surface area contributed by atoms with Crippen LogP contribution in [-0.4, -0.2) is 54.1 Å². The topological polar surface area (TPSA) is 57.7 Å². The van der Waals surface area contributed by atoms with Crippen molar-refractivity contribution >= 4 is 22.4 Å². The molecule has 0 aliphatic carbocycles. The fourth-order valence-corrected chi connectivity index (χ4v) is 6.41. The van der Waals surface area contributed by atoms with Gasteiger partial charge in [-0.05, 0) is 25.0 Å². The normalized spacial score (nSPS) is 25.4. The summed E-state index contributed by atoms with van der Waals surface area (Å²) in [5, 5.41) is 4.71. The first-order chi connectivity index (χ1) is 13.8. The molecule has 4 aliphatic rings. The Morgan fingerprint density at radius 3 is 2.93 bits per heavy atom. The van der Waals surface area contributed by atoms with Crippen LogP contribution in [0.5, 0.6) is 5.75 Å². The Labute approximate surface area is 168 Å². The van der Waals surface area contributed by atoms with Gasteiger partial charge in [0.2, 0.25) is 0 Å². The minimum absolute atomic E-state index is 0.130. The molecule has 6 nitrogen and oxygen atoms in total. The summed E-state index contributed by atoms with van der Waals surface area (Å²) in [5.41, 5.74) is 3.08. The van der Waals surface area contributed by atoms with E-state index in [9.17, 15) is 4.79 Å². The maximum absolute atomic E-state index is 13.2. The first-order valence-electron chi connectivity index (χ1n) is 10.3. The van der Waals surface area contributed by atoms with Gasteiger partial charge < -0.3 is 19.9 Å². The van der Waals surface area contributed by atoms with Crippen molar-refractivity contribution in [3.8, 4) is 5.75 Å². The maximum atomic E-state index is 13.2. The van der Waals surface area contributed by atoms with E-state index in [1.54, 1.807) is 11.3 Å². The number of ether oxygens (including phenoxy) is 1. The second-order valence-electron chi connectivity index (χ2n) is 8.17. The van der Waals surface area contributed by atoms with Gasteiger partial charge >= 0.3 is 0 Å². The van der Waals surface area contributed by atoms with Crippen molar-refractivity contribution in [2.75, 3.05) is 31.1 Å². The molecule has 7 heteroatoms. The first kappa shape index (κ1) is 16.8. The molecule has 0 spiro atoms. The van der Waals surface area contributed by atoms with Crippen LogP contribution in [0.3, 0.4) is 0 Å². The fraction of sp³-hybridized carbons (Fsp3) is 0.524. The SMILES string of the molecule is O=C(c1cccc2c1CCO2)N1CCc2nc(N3C4CCC3CNC4)sc2C1. The first-order valence-corrected chi connectivity index (χ1v) is 11.1. The number of thiazole rings is 1. The Kier molecular flexibility index (Phi) is 3.87. The smallest absolute Gasteiger partial charge is 0.254 e. The van der Waals surface area contributed by atoms with E-state index < -0.39 is 0 Å². The molecule has 4 aliphatic heterocycles. The quantitative estimate of drug-likeness (QED) is 0.844. The molecule has 1 N–H and O–H groups in total. The Morgan fingerprint density at radius 2 is 2.07 bits per heavy atom. The van der Waals surface area contributed by atoms with E-state index in [0.717, 1.165) is 49.4 Å². The van der Waals surface area contributed by atoms with Crippen LogP contribution >= 0.6 is 11.3 Å². The van der Waals surface area contributed by atoms with Gasteiger partial charge in [0.05, 0.1) is 18.8 Å². The fourth-order valence-electron chi connectivity index (χ4n) is 5.15. The van der Waals surface area contributed by atoms with Crippen LogP contribution in [0, 0.1) is 0 Å². The highest BCUT2D eigenvalue weighted by Gasteiger charge is 2.39. The van der Waals surface area contributed by atoms with Crippen LogP contribution in [-0.2, 0) is 19.4 Å². The van der Waals surface area contributed by atoms with Crippen LogP contribution in [0.25, 0.3) is 0 Å². The number of anilines is 1. The predicted molar refractivity (Wildman–Crippen MR) is 108 cm³/mol. The number of benzene rings is 1. The van der Waals surface area contributed by atoms with Crippen molar-refractivity contribution in [3.05, 3.63) is 39.9 Å². The molecule has 0 saturated carbocycles. The zero-order valence-corrected chi connectivity index (χ0v) is 16.6. The number of hydrogen-bond acceptors (Lipinski definition) is 6. The highest BCUT2D eigenvalue weighted by Crippen LogP contribution is 2.38. The average Bonchev–Trinajstić information content (AvgIpc) is 3.41. The van der Waals surface area contributed by atoms with Crippen molar-refractivity contribution in [1.82, 2.24) is 15.2 Å². The molecular formula is C21H24N4O2S. The monoisotopic (exact) mass is 396 g/mol. The number of nitrogens with zero attached hydrogens (tertiary/aromatic N) is 3. The highest BCUT2D eigenvalue weighted by atomic mass is 32.1. The number of amides is 1. The lowest BCUT2D eigenvalue weighted by Gasteiger charge is -2.35. The van der Waals surface area contributed by atoms with Gasteiger partial charge in [0.1, 0.15) is 5.75 Å². The summed E-state index contributed by atoms with van der Waals surface area (Å²) in [5.74, 6) is 1.00. The number of aromatic nitrogens is 1. The lowest BCUT2D eigenvalue weighted by Crippen LogP contribution is -2.51. The summed E-state index contributed by atoms with van der Waals surface area (Å²) < 4.78 is 5.64. The lowest BCUT2D eigenvalue weighted by atomic mass is 10.0. The number of piperazine rings is 1. The van der Waals surface area contributed by atoms with E-state index in [1.807, 2.05) is 23.1 Å². The van der Waals surface area contributed by atoms with E-state index in [2.05, 4.69) is 10.2 Å². The van der Waals surface area contributed by atoms with E-state index in [-0.39, 0.29) is 5.91 Å². The highest BCUT2D eigenvalue weighted by molar-refractivity contribution is 7.15. The number of fused-ring (bicyclic) bond motifs is 4. The summed E-state index contributed by atoms with van der Waals surface area (Å²) in [6, 6.07) is 7.00. The summed E-state index contributed by atoms with van der Waals surface area (Å²) in [6.45, 7) is 4.22. The third-order valence-corrected chi connectivity index (χ3v) is 7.68. The molecule has 2 fully saturated rings. The second-order valence-corrected chi connectivity index (χ2v) is 9.24. The number of hydrogen-bond donors (Lipinski definition) is 1. The molecule has 0 radical (unpaired) electrons. The molecule has 2 atom stereocenters. The van der Waals surface area contributed by atoms with Gasteiger partial charge in [-0.25, -0.2) is 4.98 Å². The molecular weight excluding hydrogens is 372 g/mol. The Bertz CT molecular complexity index is 926. The maximum Gasteiger partial charge on any atom is 0.254 e. The Morgan fingerprint density at radius 1 is 1.21 bits per heavy atom. The molecule has 28 heavy (non-hydrogen) atoms. The Balaban J connectivity index is 1.25. The van der Waals surface area contributed by atoms with Crippen LogP contribution in [0.15, 0.2) is 18.2 Å². The Hall–Kier alpha value is -2.12. The van der Waals surface area contributed by atoms with Crippen molar-refractivity contribution < 1.29 is 9.53 Å². The predicted octanol–water partition coefficient (Wildman–Crippen LogP) is 2.22. The van der Waals surface area contributed by atoms with Gasteiger partial charge in [0, 0.05) is 60.6 Å². The van der Waals surface area contributed by atoms with Crippen LogP contribution in [0.4, 0.5) is 5.13 Å². The van der Waals surface area contributed by atoms with Crippen molar-refractivity contribution in [1.29, 1.82) is 0 Å². The lowest BCUT2D eigenvalue weighted by molar-refractivity contribution is 0.0735. The zero-order chi connectivity index (χ0) is 18.7. The van der Waals surface area contributed by atoms with E-state index in [1.165, 1.54) is 28.5 Å². The molecule has 6 rings (SSSR count). The summed E-state index contributed by atoms with van der Waals surface area (Å²) in [7, 11) is 0. The third kappa shape index (κ3) is 2.56. The molecule has 1 aromatic carbocycles. The third-order valence-electron chi connectivity index (χ3n) is 6.58. The average molecular weight is 397 g/mol. The van der Waals surface area contributed by atoms with Crippen LogP contribution in [0.2, 0.25) is 0 Å².